The number of ether oxygens (including phenoxy) is 2. The summed E-state index contributed by atoms with van der Waals surface area (Å²) in [5.74, 6) is 1.05. The van der Waals surface area contributed by atoms with Crippen LogP contribution < -0.4 is 9.47 Å². The Morgan fingerprint density at radius 2 is 1.29 bits per heavy atom. The van der Waals surface area contributed by atoms with Crippen molar-refractivity contribution in [1.29, 1.82) is 0 Å². The van der Waals surface area contributed by atoms with E-state index in [0.717, 1.165) is 34.8 Å². The number of carbonyl (C=O) groups is 2. The average molecular weight is 374 g/mol. The molecule has 0 N–H and O–H groups in total. The van der Waals surface area contributed by atoms with Crippen molar-refractivity contribution < 1.29 is 19.1 Å². The molecule has 0 spiro atoms. The van der Waals surface area contributed by atoms with Crippen molar-refractivity contribution in [2.75, 3.05) is 14.2 Å². The molecule has 142 valence electrons. The molecular formula is C24H22O4. The van der Waals surface area contributed by atoms with Crippen LogP contribution in [0.3, 0.4) is 0 Å². The molecule has 0 aliphatic heterocycles. The zero-order valence-corrected chi connectivity index (χ0v) is 16.1. The van der Waals surface area contributed by atoms with Gasteiger partial charge in [0.2, 0.25) is 0 Å². The van der Waals surface area contributed by atoms with Crippen LogP contribution in [0.1, 0.15) is 48.9 Å². The first-order valence-electron chi connectivity index (χ1n) is 8.94. The van der Waals surface area contributed by atoms with Crippen LogP contribution in [0.2, 0.25) is 0 Å². The van der Waals surface area contributed by atoms with E-state index < -0.39 is 0 Å². The number of aryl methyl sites for hydroxylation is 1. The Balaban J connectivity index is 2.35. The van der Waals surface area contributed by atoms with Gasteiger partial charge in [0.25, 0.3) is 0 Å². The fraction of sp³-hybridized carbons (Fsp3) is 0.167. The highest BCUT2D eigenvalue weighted by Crippen LogP contribution is 2.41. The highest BCUT2D eigenvalue weighted by Gasteiger charge is 2.25. The van der Waals surface area contributed by atoms with E-state index in [0.29, 0.717) is 22.6 Å². The molecule has 0 aromatic heterocycles. The summed E-state index contributed by atoms with van der Waals surface area (Å²) in [7, 11) is 3.21. The second kappa shape index (κ2) is 8.53. The number of hydrogen-bond acceptors (Lipinski definition) is 4. The second-order valence-corrected chi connectivity index (χ2v) is 6.59. The van der Waals surface area contributed by atoms with Gasteiger partial charge in [-0.2, -0.15) is 0 Å². The monoisotopic (exact) mass is 374 g/mol. The summed E-state index contributed by atoms with van der Waals surface area (Å²) in [6.45, 7) is 2.03. The van der Waals surface area contributed by atoms with E-state index >= 15 is 0 Å². The summed E-state index contributed by atoms with van der Waals surface area (Å²) < 4.78 is 11.2. The van der Waals surface area contributed by atoms with E-state index in [4.69, 9.17) is 9.47 Å². The third-order valence-corrected chi connectivity index (χ3v) is 4.78. The number of benzene rings is 3. The fourth-order valence-corrected chi connectivity index (χ4v) is 3.48. The first-order chi connectivity index (χ1) is 13.6. The molecule has 0 aliphatic rings. The van der Waals surface area contributed by atoms with Crippen LogP contribution in [0.15, 0.2) is 60.7 Å². The molecule has 0 saturated heterocycles. The van der Waals surface area contributed by atoms with Gasteiger partial charge in [-0.15, -0.1) is 0 Å². The molecule has 3 rings (SSSR count). The molecule has 0 aliphatic carbocycles. The van der Waals surface area contributed by atoms with Gasteiger partial charge in [-0.1, -0.05) is 29.8 Å². The van der Waals surface area contributed by atoms with E-state index in [1.807, 2.05) is 37.3 Å². The SMILES string of the molecule is COc1ccc(C=O)cc1C(c1cccc(C)c1)c1cc(C=O)ccc1OC. The second-order valence-electron chi connectivity index (χ2n) is 6.59. The van der Waals surface area contributed by atoms with Crippen molar-refractivity contribution in [3.63, 3.8) is 0 Å². The standard InChI is InChI=1S/C24H22O4/c1-16-5-4-6-19(11-16)24(20-12-17(14-25)7-9-22(20)27-2)21-13-18(15-26)8-10-23(21)28-3/h4-15,24H,1-3H3. The Bertz CT molecular complexity index is 948. The molecule has 0 fully saturated rings. The molecule has 0 radical (unpaired) electrons. The van der Waals surface area contributed by atoms with Crippen LogP contribution >= 0.6 is 0 Å². The minimum Gasteiger partial charge on any atom is -0.496 e. The molecule has 0 unspecified atom stereocenters. The Morgan fingerprint density at radius 1 is 0.750 bits per heavy atom. The third kappa shape index (κ3) is 3.81. The van der Waals surface area contributed by atoms with Gasteiger partial charge in [-0.25, -0.2) is 0 Å². The number of rotatable bonds is 7. The van der Waals surface area contributed by atoms with Gasteiger partial charge in [0.05, 0.1) is 14.2 Å². The van der Waals surface area contributed by atoms with E-state index in [2.05, 4.69) is 6.07 Å². The largest absolute Gasteiger partial charge is 0.496 e. The van der Waals surface area contributed by atoms with Crippen molar-refractivity contribution in [3.05, 3.63) is 94.0 Å². The van der Waals surface area contributed by atoms with Crippen LogP contribution in [0.4, 0.5) is 0 Å². The smallest absolute Gasteiger partial charge is 0.150 e. The number of hydrogen-bond donors (Lipinski definition) is 0. The molecule has 0 amide bonds. The van der Waals surface area contributed by atoms with Crippen LogP contribution in [-0.2, 0) is 0 Å². The lowest BCUT2D eigenvalue weighted by Gasteiger charge is -2.24. The topological polar surface area (TPSA) is 52.6 Å². The molecule has 3 aromatic rings. The molecule has 0 atom stereocenters. The third-order valence-electron chi connectivity index (χ3n) is 4.78. The Labute approximate surface area is 164 Å². The summed E-state index contributed by atoms with van der Waals surface area (Å²) >= 11 is 0. The summed E-state index contributed by atoms with van der Waals surface area (Å²) in [5.41, 5.74) is 4.90. The van der Waals surface area contributed by atoms with E-state index in [1.165, 1.54) is 0 Å². The lowest BCUT2D eigenvalue weighted by atomic mass is 9.82. The molecule has 4 nitrogen and oxygen atoms in total. The van der Waals surface area contributed by atoms with Crippen molar-refractivity contribution in [2.24, 2.45) is 0 Å². The number of methoxy groups -OCH3 is 2. The van der Waals surface area contributed by atoms with Crippen LogP contribution in [0, 0.1) is 6.92 Å². The van der Waals surface area contributed by atoms with Crippen LogP contribution in [-0.4, -0.2) is 26.8 Å². The van der Waals surface area contributed by atoms with Gasteiger partial charge < -0.3 is 9.47 Å². The van der Waals surface area contributed by atoms with Gasteiger partial charge in [-0.05, 0) is 48.9 Å². The van der Waals surface area contributed by atoms with Crippen molar-refractivity contribution >= 4 is 12.6 Å². The minimum absolute atomic E-state index is 0.274. The van der Waals surface area contributed by atoms with Gasteiger partial charge in [0.1, 0.15) is 24.1 Å². The van der Waals surface area contributed by atoms with Crippen molar-refractivity contribution in [1.82, 2.24) is 0 Å². The highest BCUT2D eigenvalue weighted by molar-refractivity contribution is 5.78. The van der Waals surface area contributed by atoms with Crippen LogP contribution in [0.5, 0.6) is 11.5 Å². The number of aldehydes is 2. The van der Waals surface area contributed by atoms with E-state index in [9.17, 15) is 9.59 Å². The molecule has 4 heteroatoms. The average Bonchev–Trinajstić information content (AvgIpc) is 2.73. The zero-order chi connectivity index (χ0) is 20.1. The molecule has 28 heavy (non-hydrogen) atoms. The van der Waals surface area contributed by atoms with E-state index in [-0.39, 0.29) is 5.92 Å². The molecule has 0 saturated carbocycles. The maximum Gasteiger partial charge on any atom is 0.150 e. The molecule has 0 heterocycles. The Morgan fingerprint density at radius 3 is 1.71 bits per heavy atom. The summed E-state index contributed by atoms with van der Waals surface area (Å²) in [4.78, 5) is 22.8. The van der Waals surface area contributed by atoms with Crippen molar-refractivity contribution in [3.8, 4) is 11.5 Å². The quantitative estimate of drug-likeness (QED) is 0.440. The number of carbonyl (C=O) groups excluding carboxylic acids is 2. The fourth-order valence-electron chi connectivity index (χ4n) is 3.48. The minimum atomic E-state index is -0.274. The molecular weight excluding hydrogens is 352 g/mol. The summed E-state index contributed by atoms with van der Waals surface area (Å²) in [6.07, 6.45) is 1.63. The first-order valence-corrected chi connectivity index (χ1v) is 8.94. The van der Waals surface area contributed by atoms with Gasteiger partial charge >= 0.3 is 0 Å². The zero-order valence-electron chi connectivity index (χ0n) is 16.1. The Kier molecular flexibility index (Phi) is 5.90. The predicted molar refractivity (Wildman–Crippen MR) is 109 cm³/mol. The van der Waals surface area contributed by atoms with Gasteiger partial charge in [-0.3, -0.25) is 9.59 Å². The predicted octanol–water partition coefficient (Wildman–Crippen LogP) is 4.82. The van der Waals surface area contributed by atoms with E-state index in [1.54, 1.807) is 38.5 Å². The normalized spacial score (nSPS) is 10.6. The summed E-state index contributed by atoms with van der Waals surface area (Å²) in [5, 5.41) is 0. The van der Waals surface area contributed by atoms with Crippen molar-refractivity contribution in [2.45, 2.75) is 12.8 Å². The maximum atomic E-state index is 11.4. The van der Waals surface area contributed by atoms with Crippen LogP contribution in [0.25, 0.3) is 0 Å². The lowest BCUT2D eigenvalue weighted by molar-refractivity contribution is 0.111. The van der Waals surface area contributed by atoms with Gasteiger partial charge in [0, 0.05) is 28.2 Å². The lowest BCUT2D eigenvalue weighted by Crippen LogP contribution is -2.09. The molecule has 0 bridgehead atoms. The molecule has 3 aromatic carbocycles. The van der Waals surface area contributed by atoms with Gasteiger partial charge in [0.15, 0.2) is 0 Å². The highest BCUT2D eigenvalue weighted by atomic mass is 16.5. The Hall–Kier alpha value is -3.40. The maximum absolute atomic E-state index is 11.4. The summed E-state index contributed by atoms with van der Waals surface area (Å²) in [6, 6.07) is 18.8. The first kappa shape index (κ1) is 19.4.